The minimum Gasteiger partial charge on any atom is -0.462 e. The van der Waals surface area contributed by atoms with Crippen molar-refractivity contribution in [3.8, 4) is 0 Å². The fraction of sp³-hybridized carbons (Fsp3) is 0.750. The second kappa shape index (κ2) is 10.1. The number of ether oxygens (including phenoxy) is 2. The average Bonchev–Trinajstić information content (AvgIpc) is 3.14. The second-order valence-corrected chi connectivity index (χ2v) is 13.1. The van der Waals surface area contributed by atoms with Crippen molar-refractivity contribution in [3.63, 3.8) is 0 Å². The van der Waals surface area contributed by atoms with E-state index in [4.69, 9.17) is 9.47 Å². The van der Waals surface area contributed by atoms with Gasteiger partial charge in [0.2, 0.25) is 0 Å². The zero-order valence-corrected chi connectivity index (χ0v) is 23.8. The number of carbonyl (C=O) groups is 2. The van der Waals surface area contributed by atoms with Gasteiger partial charge in [-0.3, -0.25) is 9.59 Å². The molecule has 0 aromatic heterocycles. The summed E-state index contributed by atoms with van der Waals surface area (Å²) in [7, 11) is 0. The van der Waals surface area contributed by atoms with Crippen LogP contribution in [-0.2, 0) is 19.1 Å². The van der Waals surface area contributed by atoms with Crippen LogP contribution in [0.25, 0.3) is 0 Å². The van der Waals surface area contributed by atoms with Crippen molar-refractivity contribution in [3.05, 3.63) is 35.5 Å². The van der Waals surface area contributed by atoms with Crippen molar-refractivity contribution in [2.24, 2.45) is 46.3 Å². The average molecular weight is 497 g/mol. The molecular formula is C32H48O4. The number of carbonyl (C=O) groups excluding carboxylic acids is 2. The highest BCUT2D eigenvalue weighted by Gasteiger charge is 2.60. The summed E-state index contributed by atoms with van der Waals surface area (Å²) in [4.78, 5) is 23.9. The van der Waals surface area contributed by atoms with Gasteiger partial charge in [-0.05, 0) is 66.6 Å². The Morgan fingerprint density at radius 1 is 0.944 bits per heavy atom. The Kier molecular flexibility index (Phi) is 7.66. The highest BCUT2D eigenvalue weighted by atomic mass is 16.6. The smallest absolute Gasteiger partial charge is 0.302 e. The van der Waals surface area contributed by atoms with E-state index in [0.717, 1.165) is 12.8 Å². The molecule has 0 N–H and O–H groups in total. The van der Waals surface area contributed by atoms with Gasteiger partial charge in [0.1, 0.15) is 12.2 Å². The van der Waals surface area contributed by atoms with Crippen LogP contribution >= 0.6 is 0 Å². The molecule has 4 nitrogen and oxygen atoms in total. The third-order valence-corrected chi connectivity index (χ3v) is 10.7. The molecule has 0 heterocycles. The van der Waals surface area contributed by atoms with Gasteiger partial charge in [-0.25, -0.2) is 0 Å². The molecule has 0 unspecified atom stereocenters. The fourth-order valence-electron chi connectivity index (χ4n) is 8.31. The zero-order valence-electron chi connectivity index (χ0n) is 23.8. The monoisotopic (exact) mass is 496 g/mol. The number of hydrogen-bond donors (Lipinski definition) is 0. The van der Waals surface area contributed by atoms with Crippen LogP contribution in [-0.4, -0.2) is 24.1 Å². The van der Waals surface area contributed by atoms with Crippen LogP contribution in [0.3, 0.4) is 0 Å². The van der Waals surface area contributed by atoms with E-state index in [1.807, 2.05) is 0 Å². The van der Waals surface area contributed by atoms with Gasteiger partial charge in [-0.1, -0.05) is 77.0 Å². The summed E-state index contributed by atoms with van der Waals surface area (Å²) >= 11 is 0. The Morgan fingerprint density at radius 2 is 1.64 bits per heavy atom. The summed E-state index contributed by atoms with van der Waals surface area (Å²) in [6, 6.07) is 0. The van der Waals surface area contributed by atoms with Crippen LogP contribution in [0.1, 0.15) is 93.9 Å². The number of rotatable bonds is 6. The third-order valence-electron chi connectivity index (χ3n) is 10.7. The van der Waals surface area contributed by atoms with Crippen molar-refractivity contribution in [1.82, 2.24) is 0 Å². The second-order valence-electron chi connectivity index (χ2n) is 13.1. The number of esters is 2. The van der Waals surface area contributed by atoms with Gasteiger partial charge >= 0.3 is 11.9 Å². The van der Waals surface area contributed by atoms with Gasteiger partial charge in [0.25, 0.3) is 0 Å². The Morgan fingerprint density at radius 3 is 2.28 bits per heavy atom. The lowest BCUT2D eigenvalue weighted by Gasteiger charge is -2.57. The molecule has 0 aromatic carbocycles. The first-order chi connectivity index (χ1) is 16.9. The van der Waals surface area contributed by atoms with E-state index in [0.29, 0.717) is 47.3 Å². The first-order valence-electron chi connectivity index (χ1n) is 14.3. The van der Waals surface area contributed by atoms with Crippen LogP contribution in [0, 0.1) is 46.3 Å². The first kappa shape index (κ1) is 27.2. The quantitative estimate of drug-likeness (QED) is 0.283. The van der Waals surface area contributed by atoms with Crippen molar-refractivity contribution < 1.29 is 19.1 Å². The maximum atomic E-state index is 12.2. The number of hydrogen-bond acceptors (Lipinski definition) is 4. The van der Waals surface area contributed by atoms with Crippen LogP contribution in [0.2, 0.25) is 0 Å². The fourth-order valence-corrected chi connectivity index (χ4v) is 8.31. The normalized spacial score (nSPS) is 39.4. The van der Waals surface area contributed by atoms with Gasteiger partial charge in [0.05, 0.1) is 0 Å². The molecule has 4 aliphatic rings. The maximum Gasteiger partial charge on any atom is 0.302 e. The molecule has 0 amide bonds. The summed E-state index contributed by atoms with van der Waals surface area (Å²) in [5, 5.41) is 0. The predicted octanol–water partition coefficient (Wildman–Crippen LogP) is 7.44. The number of fused-ring (bicyclic) bond motifs is 5. The molecule has 4 rings (SSSR count). The van der Waals surface area contributed by atoms with E-state index in [-0.39, 0.29) is 29.6 Å². The summed E-state index contributed by atoms with van der Waals surface area (Å²) in [6.45, 7) is 17.2. The Hall–Kier alpha value is -1.84. The van der Waals surface area contributed by atoms with Crippen molar-refractivity contribution in [2.45, 2.75) is 106 Å². The molecule has 0 saturated heterocycles. The number of allylic oxidation sites excluding steroid dienone is 5. The molecule has 3 fully saturated rings. The molecule has 0 aromatic rings. The lowest BCUT2D eigenvalue weighted by atomic mass is 9.49. The third kappa shape index (κ3) is 4.74. The molecule has 0 bridgehead atoms. The van der Waals surface area contributed by atoms with E-state index in [2.05, 4.69) is 65.8 Å². The molecule has 3 saturated carbocycles. The van der Waals surface area contributed by atoms with E-state index >= 15 is 0 Å². The van der Waals surface area contributed by atoms with E-state index in [1.54, 1.807) is 5.57 Å². The van der Waals surface area contributed by atoms with Crippen LogP contribution in [0.4, 0.5) is 0 Å². The largest absolute Gasteiger partial charge is 0.462 e. The minimum absolute atomic E-state index is 0.230. The van der Waals surface area contributed by atoms with Crippen LogP contribution in [0.5, 0.6) is 0 Å². The van der Waals surface area contributed by atoms with Gasteiger partial charge in [-0.2, -0.15) is 0 Å². The standard InChI is InChI=1S/C32H48O4/c1-19(2)20(3)9-10-21(4)27-13-14-28-26-12-11-24-17-25(35-22(5)33)18-30(36-23(6)34)32(24,8)29(26)15-16-31(27,28)7/h9-12,19-21,25,27-30H,13-18H2,1-8H3/b10-9+/t20-,21+,25+,27+,28-,29-,30-,31+,32-/m0/s1. The van der Waals surface area contributed by atoms with E-state index < -0.39 is 0 Å². The molecule has 0 radical (unpaired) electrons. The minimum atomic E-state index is -0.269. The SMILES string of the molecule is CC(=O)O[C@@H]1CC2=CC=C3[C@@H]4CC[C@H]([C@H](C)/C=C/[C@H](C)C(C)C)[C@@]4(C)CC[C@@H]3[C@@]2(C)[C@@H](OC(C)=O)C1. The maximum absolute atomic E-state index is 12.2. The molecular weight excluding hydrogens is 448 g/mol. The van der Waals surface area contributed by atoms with Crippen molar-refractivity contribution in [1.29, 1.82) is 0 Å². The summed E-state index contributed by atoms with van der Waals surface area (Å²) in [5.41, 5.74) is 2.93. The molecule has 4 heteroatoms. The van der Waals surface area contributed by atoms with E-state index in [1.165, 1.54) is 38.7 Å². The van der Waals surface area contributed by atoms with E-state index in [9.17, 15) is 9.59 Å². The van der Waals surface area contributed by atoms with Gasteiger partial charge in [0.15, 0.2) is 0 Å². The Labute approximate surface area is 219 Å². The molecule has 0 spiro atoms. The molecule has 9 atom stereocenters. The topological polar surface area (TPSA) is 52.6 Å². The Balaban J connectivity index is 1.62. The Bertz CT molecular complexity index is 957. The highest BCUT2D eigenvalue weighted by molar-refractivity contribution is 5.67. The molecule has 200 valence electrons. The van der Waals surface area contributed by atoms with Crippen molar-refractivity contribution in [2.75, 3.05) is 0 Å². The molecule has 4 aliphatic carbocycles. The summed E-state index contributed by atoms with van der Waals surface area (Å²) < 4.78 is 11.6. The van der Waals surface area contributed by atoms with Gasteiger partial charge < -0.3 is 9.47 Å². The van der Waals surface area contributed by atoms with Gasteiger partial charge in [0, 0.05) is 32.1 Å². The first-order valence-corrected chi connectivity index (χ1v) is 14.3. The molecule has 0 aliphatic heterocycles. The predicted molar refractivity (Wildman–Crippen MR) is 144 cm³/mol. The molecule has 36 heavy (non-hydrogen) atoms. The summed E-state index contributed by atoms with van der Waals surface area (Å²) in [5.74, 6) is 3.00. The lowest BCUT2D eigenvalue weighted by Crippen LogP contribution is -2.54. The summed E-state index contributed by atoms with van der Waals surface area (Å²) in [6.07, 6.45) is 15.3. The van der Waals surface area contributed by atoms with Crippen LogP contribution < -0.4 is 0 Å². The van der Waals surface area contributed by atoms with Gasteiger partial charge in [-0.15, -0.1) is 0 Å². The van der Waals surface area contributed by atoms with Crippen molar-refractivity contribution >= 4 is 11.9 Å². The lowest BCUT2D eigenvalue weighted by molar-refractivity contribution is -0.165. The zero-order chi connectivity index (χ0) is 26.4. The highest BCUT2D eigenvalue weighted by Crippen LogP contribution is 2.66. The van der Waals surface area contributed by atoms with Crippen LogP contribution in [0.15, 0.2) is 35.5 Å².